The van der Waals surface area contributed by atoms with Crippen LogP contribution in [0.25, 0.3) is 21.5 Å². The fourth-order valence-corrected chi connectivity index (χ4v) is 3.35. The number of aromatic nitrogens is 2. The Morgan fingerprint density at radius 2 is 2.04 bits per heavy atom. The van der Waals surface area contributed by atoms with E-state index in [0.29, 0.717) is 21.3 Å². The van der Waals surface area contributed by atoms with Gasteiger partial charge in [0.05, 0.1) is 17.6 Å². The number of nitro benzene ring substituents is 1. The number of rotatable bonds is 5. The Labute approximate surface area is 161 Å². The largest absolute Gasteiger partial charge is 0.497 e. The van der Waals surface area contributed by atoms with E-state index >= 15 is 0 Å². The Balaban J connectivity index is 1.69. The van der Waals surface area contributed by atoms with E-state index in [0.717, 1.165) is 17.0 Å². The van der Waals surface area contributed by atoms with Gasteiger partial charge in [-0.05, 0) is 24.3 Å². The van der Waals surface area contributed by atoms with Crippen LogP contribution >= 0.6 is 11.3 Å². The molecule has 0 aliphatic heterocycles. The van der Waals surface area contributed by atoms with E-state index in [-0.39, 0.29) is 16.8 Å². The van der Waals surface area contributed by atoms with Gasteiger partial charge in [0.1, 0.15) is 11.3 Å². The first kappa shape index (κ1) is 17.6. The first-order valence-corrected chi connectivity index (χ1v) is 8.82. The quantitative estimate of drug-likeness (QED) is 0.306. The summed E-state index contributed by atoms with van der Waals surface area (Å²) in [5.41, 5.74) is 0.515. The molecule has 0 radical (unpaired) electrons. The van der Waals surface area contributed by atoms with Gasteiger partial charge in [-0.15, -0.1) is 10.2 Å². The lowest BCUT2D eigenvalue weighted by atomic mass is 10.2. The smallest absolute Gasteiger partial charge is 0.346 e. The minimum absolute atomic E-state index is 0.0926. The second-order valence-corrected chi connectivity index (χ2v) is 6.67. The van der Waals surface area contributed by atoms with Gasteiger partial charge in [-0.1, -0.05) is 17.4 Å². The van der Waals surface area contributed by atoms with Crippen LogP contribution in [-0.4, -0.2) is 22.2 Å². The topological polar surface area (TPSA) is 120 Å². The third-order valence-corrected chi connectivity index (χ3v) is 4.77. The molecule has 2 heterocycles. The number of nitro groups is 1. The number of non-ortho nitro benzene ring substituents is 1. The monoisotopic (exact) mass is 396 g/mol. The molecule has 0 unspecified atom stereocenters. The van der Waals surface area contributed by atoms with Crippen LogP contribution in [-0.2, 0) is 0 Å². The van der Waals surface area contributed by atoms with Gasteiger partial charge in [0, 0.05) is 29.3 Å². The molecular formula is C18H12N4O5S. The zero-order valence-electron chi connectivity index (χ0n) is 14.4. The van der Waals surface area contributed by atoms with Crippen molar-refractivity contribution in [3.63, 3.8) is 0 Å². The zero-order valence-corrected chi connectivity index (χ0v) is 15.2. The van der Waals surface area contributed by atoms with E-state index < -0.39 is 10.5 Å². The summed E-state index contributed by atoms with van der Waals surface area (Å²) in [5.74, 6) is 0.687. The molecule has 0 saturated carbocycles. The molecule has 4 aromatic rings. The number of nitrogens with one attached hydrogen (secondary N) is 1. The number of hydrogen-bond acceptors (Lipinski definition) is 9. The van der Waals surface area contributed by atoms with Gasteiger partial charge >= 0.3 is 5.63 Å². The van der Waals surface area contributed by atoms with Crippen molar-refractivity contribution in [3.8, 4) is 16.3 Å². The van der Waals surface area contributed by atoms with Gasteiger partial charge < -0.3 is 14.5 Å². The number of hydrogen-bond donors (Lipinski definition) is 1. The van der Waals surface area contributed by atoms with Crippen LogP contribution in [0, 0.1) is 10.1 Å². The van der Waals surface area contributed by atoms with Crippen molar-refractivity contribution in [1.82, 2.24) is 10.2 Å². The Kier molecular flexibility index (Phi) is 4.45. The molecule has 0 amide bonds. The molecule has 0 saturated heterocycles. The second kappa shape index (κ2) is 7.08. The summed E-state index contributed by atoms with van der Waals surface area (Å²) in [6, 6.07) is 12.8. The molecule has 9 nitrogen and oxygen atoms in total. The molecule has 0 atom stereocenters. The lowest BCUT2D eigenvalue weighted by Gasteiger charge is -2.04. The molecule has 0 aliphatic rings. The van der Waals surface area contributed by atoms with Gasteiger partial charge in [0.15, 0.2) is 5.01 Å². The van der Waals surface area contributed by atoms with Crippen LogP contribution in [0.2, 0.25) is 0 Å². The SMILES string of the molecule is COc1cccc(Nc2nnc(-c3cc4cc([N+](=O)[O-])ccc4oc3=O)s2)c1. The first-order chi connectivity index (χ1) is 13.5. The minimum Gasteiger partial charge on any atom is -0.497 e. The van der Waals surface area contributed by atoms with Crippen molar-refractivity contribution in [3.05, 3.63) is 69.1 Å². The van der Waals surface area contributed by atoms with E-state index in [4.69, 9.17) is 9.15 Å². The lowest BCUT2D eigenvalue weighted by Crippen LogP contribution is -2.02. The molecule has 0 aliphatic carbocycles. The highest BCUT2D eigenvalue weighted by Gasteiger charge is 2.15. The minimum atomic E-state index is -0.592. The van der Waals surface area contributed by atoms with Crippen molar-refractivity contribution >= 4 is 38.8 Å². The summed E-state index contributed by atoms with van der Waals surface area (Å²) in [4.78, 5) is 22.8. The summed E-state index contributed by atoms with van der Waals surface area (Å²) in [6.07, 6.45) is 0. The average molecular weight is 396 g/mol. The highest BCUT2D eigenvalue weighted by atomic mass is 32.1. The van der Waals surface area contributed by atoms with Crippen LogP contribution in [0.4, 0.5) is 16.5 Å². The Hall–Kier alpha value is -3.79. The number of methoxy groups -OCH3 is 1. The fraction of sp³-hybridized carbons (Fsp3) is 0.0556. The van der Waals surface area contributed by atoms with Crippen LogP contribution in [0.3, 0.4) is 0 Å². The van der Waals surface area contributed by atoms with Crippen molar-refractivity contribution in [1.29, 1.82) is 0 Å². The number of fused-ring (bicyclic) bond motifs is 1. The molecule has 10 heteroatoms. The normalized spacial score (nSPS) is 10.8. The summed E-state index contributed by atoms with van der Waals surface area (Å²) < 4.78 is 10.4. The van der Waals surface area contributed by atoms with Crippen molar-refractivity contribution in [2.24, 2.45) is 0 Å². The summed E-state index contributed by atoms with van der Waals surface area (Å²) in [6.45, 7) is 0. The predicted molar refractivity (Wildman–Crippen MR) is 104 cm³/mol. The van der Waals surface area contributed by atoms with Gasteiger partial charge in [-0.25, -0.2) is 4.79 Å². The van der Waals surface area contributed by atoms with Crippen LogP contribution in [0.1, 0.15) is 0 Å². The van der Waals surface area contributed by atoms with E-state index in [9.17, 15) is 14.9 Å². The maximum absolute atomic E-state index is 12.3. The average Bonchev–Trinajstić information content (AvgIpc) is 3.15. The molecule has 28 heavy (non-hydrogen) atoms. The second-order valence-electron chi connectivity index (χ2n) is 5.70. The van der Waals surface area contributed by atoms with Gasteiger partial charge in [0.25, 0.3) is 5.69 Å². The lowest BCUT2D eigenvalue weighted by molar-refractivity contribution is -0.384. The number of ether oxygens (including phenoxy) is 1. The molecule has 1 N–H and O–H groups in total. The maximum atomic E-state index is 12.3. The van der Waals surface area contributed by atoms with Crippen molar-refractivity contribution in [2.75, 3.05) is 12.4 Å². The Morgan fingerprint density at radius 1 is 1.18 bits per heavy atom. The number of anilines is 2. The summed E-state index contributed by atoms with van der Waals surface area (Å²) >= 11 is 1.16. The van der Waals surface area contributed by atoms with E-state index in [1.807, 2.05) is 18.2 Å². The first-order valence-electron chi connectivity index (χ1n) is 8.01. The molecule has 0 spiro atoms. The summed E-state index contributed by atoms with van der Waals surface area (Å²) in [5, 5.41) is 23.4. The molecular weight excluding hydrogens is 384 g/mol. The van der Waals surface area contributed by atoms with Gasteiger partial charge in [0.2, 0.25) is 5.13 Å². The molecule has 0 fully saturated rings. The van der Waals surface area contributed by atoms with Crippen LogP contribution < -0.4 is 15.7 Å². The van der Waals surface area contributed by atoms with E-state index in [1.54, 1.807) is 13.2 Å². The Bertz CT molecular complexity index is 1250. The number of benzene rings is 2. The molecule has 2 aromatic carbocycles. The number of nitrogens with zero attached hydrogens (tertiary/aromatic N) is 3. The van der Waals surface area contributed by atoms with E-state index in [1.165, 1.54) is 24.3 Å². The molecule has 2 aromatic heterocycles. The van der Waals surface area contributed by atoms with Gasteiger partial charge in [-0.3, -0.25) is 10.1 Å². The zero-order chi connectivity index (χ0) is 19.7. The predicted octanol–water partition coefficient (Wildman–Crippen LogP) is 3.97. The van der Waals surface area contributed by atoms with Crippen molar-refractivity contribution in [2.45, 2.75) is 0 Å². The third-order valence-electron chi connectivity index (χ3n) is 3.90. The van der Waals surface area contributed by atoms with E-state index in [2.05, 4.69) is 15.5 Å². The van der Waals surface area contributed by atoms with Crippen LogP contribution in [0.5, 0.6) is 5.75 Å². The maximum Gasteiger partial charge on any atom is 0.346 e. The molecule has 4 rings (SSSR count). The Morgan fingerprint density at radius 3 is 2.82 bits per heavy atom. The highest BCUT2D eigenvalue weighted by molar-refractivity contribution is 7.18. The van der Waals surface area contributed by atoms with Crippen LogP contribution in [0.15, 0.2) is 57.7 Å². The highest BCUT2D eigenvalue weighted by Crippen LogP contribution is 2.30. The van der Waals surface area contributed by atoms with Gasteiger partial charge in [-0.2, -0.15) is 0 Å². The van der Waals surface area contributed by atoms with Crippen molar-refractivity contribution < 1.29 is 14.1 Å². The fourth-order valence-electron chi connectivity index (χ4n) is 2.58. The molecule has 140 valence electrons. The standard InChI is InChI=1S/C18H12N4O5S/c1-26-13-4-2-3-11(9-13)19-18-21-20-16(28-18)14-8-10-7-12(22(24)25)5-6-15(10)27-17(14)23/h2-9H,1H3,(H,19,21). The third kappa shape index (κ3) is 3.40. The summed E-state index contributed by atoms with van der Waals surface area (Å²) in [7, 11) is 1.57. The molecule has 0 bridgehead atoms.